The summed E-state index contributed by atoms with van der Waals surface area (Å²) in [6, 6.07) is 6.01. The number of ether oxygens (including phenoxy) is 2. The number of nitrogens with one attached hydrogen (secondary N) is 2. The molecule has 3 heterocycles. The van der Waals surface area contributed by atoms with Crippen molar-refractivity contribution in [2.45, 2.75) is 25.3 Å². The van der Waals surface area contributed by atoms with Crippen LogP contribution in [0, 0.1) is 4.91 Å². The highest BCUT2D eigenvalue weighted by Gasteiger charge is 2.33. The molecule has 1 aliphatic rings. The first-order chi connectivity index (χ1) is 17.5. The first-order valence-electron chi connectivity index (χ1n) is 10.8. The van der Waals surface area contributed by atoms with Crippen molar-refractivity contribution >= 4 is 44.8 Å². The first-order valence-corrected chi connectivity index (χ1v) is 11.6. The van der Waals surface area contributed by atoms with Crippen LogP contribution in [0.2, 0.25) is 0 Å². The number of alkyl halides is 3. The fraction of sp³-hybridized carbons (Fsp3) is 0.333. The third-order valence-electron chi connectivity index (χ3n) is 5.37. The van der Waals surface area contributed by atoms with Gasteiger partial charge in [-0.05, 0) is 44.9 Å². The lowest BCUT2D eigenvalue weighted by Crippen LogP contribution is -2.42. The maximum absolute atomic E-state index is 12.6. The van der Waals surface area contributed by atoms with E-state index in [0.717, 1.165) is 18.2 Å². The number of carbonyl (C=O) groups excluding carboxylic acids is 2. The Morgan fingerprint density at radius 3 is 2.78 bits per heavy atom. The van der Waals surface area contributed by atoms with Gasteiger partial charge >= 0.3 is 23.8 Å². The molecule has 4 rings (SSSR count). The van der Waals surface area contributed by atoms with Gasteiger partial charge in [0.1, 0.15) is 16.5 Å². The molecule has 1 amide bonds. The summed E-state index contributed by atoms with van der Waals surface area (Å²) in [6.07, 6.45) is -3.57. The van der Waals surface area contributed by atoms with Gasteiger partial charge in [-0.15, -0.1) is 13.2 Å². The summed E-state index contributed by atoms with van der Waals surface area (Å²) in [7, 11) is 0. The highest BCUT2D eigenvalue weighted by Crippen LogP contribution is 2.24. The number of amides is 1. The SMILES string of the molecule is O=C(CCNc1[nH][n+](=O)c2cc(OC(F)(F)F)ccc2[n+]1O)O[C@@H]1CCN(C(=O)c2ccnc(Br)c2)C1. The zero-order valence-electron chi connectivity index (χ0n) is 18.9. The summed E-state index contributed by atoms with van der Waals surface area (Å²) in [5.41, 5.74) is 0.0145. The lowest BCUT2D eigenvalue weighted by Gasteiger charge is -2.16. The Labute approximate surface area is 214 Å². The van der Waals surface area contributed by atoms with E-state index in [9.17, 15) is 32.9 Å². The van der Waals surface area contributed by atoms with Crippen LogP contribution in [-0.4, -0.2) is 64.2 Å². The molecule has 16 heteroatoms. The molecule has 3 N–H and O–H groups in total. The Bertz CT molecular complexity index is 1400. The molecular formula is C21H20BrF3N6O6+2. The number of carbonyl (C=O) groups is 2. The number of halogens is 4. The minimum Gasteiger partial charge on any atom is -0.460 e. The number of nitrogens with zero attached hydrogens (tertiary/aromatic N) is 4. The third-order valence-corrected chi connectivity index (χ3v) is 5.81. The van der Waals surface area contributed by atoms with Crippen LogP contribution in [0.3, 0.4) is 0 Å². The van der Waals surface area contributed by atoms with Gasteiger partial charge in [0.2, 0.25) is 10.1 Å². The zero-order chi connectivity index (χ0) is 26.7. The van der Waals surface area contributed by atoms with E-state index in [1.54, 1.807) is 17.0 Å². The molecule has 1 aliphatic heterocycles. The largest absolute Gasteiger partial charge is 0.573 e. The van der Waals surface area contributed by atoms with Gasteiger partial charge < -0.3 is 19.6 Å². The average Bonchev–Trinajstić information content (AvgIpc) is 3.29. The predicted octanol–water partition coefficient (Wildman–Crippen LogP) is 1.92. The minimum atomic E-state index is -4.94. The van der Waals surface area contributed by atoms with Crippen LogP contribution in [0.15, 0.2) is 41.1 Å². The molecule has 196 valence electrons. The van der Waals surface area contributed by atoms with Crippen LogP contribution >= 0.6 is 15.9 Å². The number of fused-ring (bicyclic) bond motifs is 1. The van der Waals surface area contributed by atoms with Crippen molar-refractivity contribution < 1.29 is 46.7 Å². The summed E-state index contributed by atoms with van der Waals surface area (Å²) >= 11 is 3.22. The number of benzene rings is 1. The molecule has 0 saturated carbocycles. The van der Waals surface area contributed by atoms with E-state index < -0.39 is 24.2 Å². The quantitative estimate of drug-likeness (QED) is 0.164. The van der Waals surface area contributed by atoms with Gasteiger partial charge in [-0.1, -0.05) is 0 Å². The van der Waals surface area contributed by atoms with Crippen molar-refractivity contribution in [2.24, 2.45) is 0 Å². The fourth-order valence-corrected chi connectivity index (χ4v) is 4.10. The molecule has 37 heavy (non-hydrogen) atoms. The van der Waals surface area contributed by atoms with E-state index in [4.69, 9.17) is 4.74 Å². The molecule has 1 saturated heterocycles. The van der Waals surface area contributed by atoms with E-state index in [-0.39, 0.29) is 46.9 Å². The van der Waals surface area contributed by atoms with Crippen molar-refractivity contribution in [1.29, 1.82) is 0 Å². The number of H-pyrrole nitrogens is 1. The van der Waals surface area contributed by atoms with Gasteiger partial charge in [0, 0.05) is 29.8 Å². The molecule has 2 aromatic heterocycles. The molecule has 1 fully saturated rings. The number of anilines is 1. The molecule has 0 aliphatic carbocycles. The van der Waals surface area contributed by atoms with Gasteiger partial charge in [-0.2, -0.15) is 0 Å². The number of aromatic nitrogens is 4. The summed E-state index contributed by atoms with van der Waals surface area (Å²) in [4.78, 5) is 42.7. The predicted molar refractivity (Wildman–Crippen MR) is 121 cm³/mol. The molecule has 1 aromatic carbocycles. The normalized spacial score (nSPS) is 15.6. The highest BCUT2D eigenvalue weighted by molar-refractivity contribution is 9.10. The van der Waals surface area contributed by atoms with Crippen molar-refractivity contribution in [3.8, 4) is 5.75 Å². The topological polar surface area (TPSA) is 144 Å². The second-order valence-electron chi connectivity index (χ2n) is 7.96. The maximum Gasteiger partial charge on any atom is 0.573 e. The Hall–Kier alpha value is -3.95. The smallest absolute Gasteiger partial charge is 0.460 e. The van der Waals surface area contributed by atoms with Crippen LogP contribution < -0.4 is 19.3 Å². The summed E-state index contributed by atoms with van der Waals surface area (Å²) in [6.45, 7) is 0.616. The van der Waals surface area contributed by atoms with Gasteiger partial charge in [-0.25, -0.2) is 4.98 Å². The molecule has 0 bridgehead atoms. The van der Waals surface area contributed by atoms with Crippen LogP contribution in [0.25, 0.3) is 11.0 Å². The molecule has 1 atom stereocenters. The van der Waals surface area contributed by atoms with E-state index >= 15 is 0 Å². The summed E-state index contributed by atoms with van der Waals surface area (Å²) in [5, 5.41) is 15.2. The summed E-state index contributed by atoms with van der Waals surface area (Å²) < 4.78 is 47.6. The van der Waals surface area contributed by atoms with Crippen molar-refractivity contribution in [3.63, 3.8) is 0 Å². The number of aromatic amines is 1. The Kier molecular flexibility index (Phi) is 7.47. The monoisotopic (exact) mass is 588 g/mol. The number of rotatable bonds is 7. The Balaban J connectivity index is 1.30. The minimum absolute atomic E-state index is 0.0446. The average molecular weight is 589 g/mol. The van der Waals surface area contributed by atoms with Gasteiger partial charge in [0.05, 0.1) is 30.5 Å². The zero-order valence-corrected chi connectivity index (χ0v) is 20.5. The molecule has 0 spiro atoms. The Morgan fingerprint density at radius 1 is 1.27 bits per heavy atom. The standard InChI is InChI=1S/C21H19BrF3N6O6/c22-17-9-12(3-6-26-17)19(33)29-8-5-14(11-29)36-18(32)4-7-27-20-28-31(35)16-10-13(37-21(23,24)25)1-2-15(16)30(20)34/h1-3,6,9-10,14,34H,4-5,7-8,11H2,(H,27,28,35)/q+1/p+1/t14-/m1/s1. The lowest BCUT2D eigenvalue weighted by atomic mass is 10.2. The number of esters is 1. The summed E-state index contributed by atoms with van der Waals surface area (Å²) in [5.74, 6) is -1.62. The van der Waals surface area contributed by atoms with Crippen LogP contribution in [0.5, 0.6) is 5.75 Å². The van der Waals surface area contributed by atoms with E-state index in [1.807, 2.05) is 0 Å². The maximum atomic E-state index is 12.6. The van der Waals surface area contributed by atoms with Crippen molar-refractivity contribution in [2.75, 3.05) is 25.0 Å². The van der Waals surface area contributed by atoms with Crippen molar-refractivity contribution in [3.05, 3.63) is 51.6 Å². The first kappa shape index (κ1) is 26.1. The Morgan fingerprint density at radius 2 is 2.05 bits per heavy atom. The second kappa shape index (κ2) is 10.6. The molecule has 0 unspecified atom stereocenters. The second-order valence-corrected chi connectivity index (χ2v) is 8.77. The molecule has 3 aromatic rings. The number of hydrogen-bond donors (Lipinski definition) is 3. The molecular weight excluding hydrogens is 569 g/mol. The lowest BCUT2D eigenvalue weighted by molar-refractivity contribution is -0.881. The number of likely N-dealkylation sites (tertiary alicyclic amines) is 1. The van der Waals surface area contributed by atoms with Gasteiger partial charge in [0.25, 0.3) is 5.91 Å². The van der Waals surface area contributed by atoms with Gasteiger partial charge in [-0.3, -0.25) is 14.9 Å². The number of hydrogen-bond acceptors (Lipinski definition) is 8. The fourth-order valence-electron chi connectivity index (χ4n) is 3.74. The molecule has 12 nitrogen and oxygen atoms in total. The van der Waals surface area contributed by atoms with Crippen LogP contribution in [0.4, 0.5) is 19.1 Å². The number of pyridine rings is 1. The van der Waals surface area contributed by atoms with E-state index in [2.05, 4.69) is 36.1 Å². The van der Waals surface area contributed by atoms with Crippen LogP contribution in [-0.2, 0) is 9.53 Å². The van der Waals surface area contributed by atoms with Crippen LogP contribution in [0.1, 0.15) is 23.2 Å². The molecule has 0 radical (unpaired) electrons. The van der Waals surface area contributed by atoms with E-state index in [1.165, 1.54) is 6.20 Å². The van der Waals surface area contributed by atoms with E-state index in [0.29, 0.717) is 27.9 Å². The highest BCUT2D eigenvalue weighted by atomic mass is 79.9. The van der Waals surface area contributed by atoms with Crippen molar-refractivity contribution in [1.82, 2.24) is 15.0 Å². The third kappa shape index (κ3) is 6.44. The van der Waals surface area contributed by atoms with Gasteiger partial charge in [0.15, 0.2) is 0 Å².